The summed E-state index contributed by atoms with van der Waals surface area (Å²) < 4.78 is 5.49. The quantitative estimate of drug-likeness (QED) is 0.608. The predicted molar refractivity (Wildman–Crippen MR) is 107 cm³/mol. The van der Waals surface area contributed by atoms with Crippen LogP contribution in [0, 0.1) is 0 Å². The molecule has 2 rings (SSSR count). The van der Waals surface area contributed by atoms with Gasteiger partial charge in [0.25, 0.3) is 5.91 Å². The molecule has 26 heavy (non-hydrogen) atoms. The summed E-state index contributed by atoms with van der Waals surface area (Å²) in [6.45, 7) is 10.7. The van der Waals surface area contributed by atoms with Crippen LogP contribution in [0.4, 0.5) is 0 Å². The van der Waals surface area contributed by atoms with Gasteiger partial charge in [0.2, 0.25) is 0 Å². The molecule has 0 saturated carbocycles. The Morgan fingerprint density at radius 3 is 2.23 bits per heavy atom. The van der Waals surface area contributed by atoms with Crippen LogP contribution in [0.5, 0.6) is 5.75 Å². The summed E-state index contributed by atoms with van der Waals surface area (Å²) in [5.74, 6) is 0.872. The van der Waals surface area contributed by atoms with Crippen LogP contribution in [-0.4, -0.2) is 18.7 Å². The lowest BCUT2D eigenvalue weighted by molar-refractivity contribution is -0.123. The molecule has 0 spiro atoms. The van der Waals surface area contributed by atoms with Gasteiger partial charge in [0, 0.05) is 0 Å². The fourth-order valence-corrected chi connectivity index (χ4v) is 2.38. The zero-order valence-electron chi connectivity index (χ0n) is 16.2. The molecule has 0 heterocycles. The van der Waals surface area contributed by atoms with Gasteiger partial charge in [-0.3, -0.25) is 4.79 Å². The van der Waals surface area contributed by atoms with Crippen molar-refractivity contribution in [3.8, 4) is 5.75 Å². The zero-order chi connectivity index (χ0) is 19.2. The van der Waals surface area contributed by atoms with Crippen molar-refractivity contribution in [2.45, 2.75) is 46.0 Å². The fourth-order valence-electron chi connectivity index (χ4n) is 2.38. The van der Waals surface area contributed by atoms with Gasteiger partial charge in [-0.25, -0.2) is 5.43 Å². The molecule has 138 valence electrons. The average Bonchev–Trinajstić information content (AvgIpc) is 2.60. The van der Waals surface area contributed by atoms with E-state index >= 15 is 0 Å². The maximum absolute atomic E-state index is 11.8. The van der Waals surface area contributed by atoms with Crippen LogP contribution in [-0.2, 0) is 10.2 Å². The van der Waals surface area contributed by atoms with E-state index in [-0.39, 0.29) is 17.9 Å². The summed E-state index contributed by atoms with van der Waals surface area (Å²) in [6.07, 6.45) is 1.63. The first kappa shape index (κ1) is 19.7. The van der Waals surface area contributed by atoms with Gasteiger partial charge in [0.15, 0.2) is 6.61 Å². The predicted octanol–water partition coefficient (Wildman–Crippen LogP) is 4.64. The number of hydrogen-bond acceptors (Lipinski definition) is 3. The normalized spacial score (nSPS) is 11.8. The number of ether oxygens (including phenoxy) is 1. The Kier molecular flexibility index (Phi) is 6.56. The third-order valence-electron chi connectivity index (χ3n) is 4.10. The fraction of sp³-hybridized carbons (Fsp3) is 0.364. The van der Waals surface area contributed by atoms with Crippen LogP contribution in [0.3, 0.4) is 0 Å². The number of rotatable bonds is 6. The molecule has 0 aliphatic heterocycles. The Labute approximate surface area is 156 Å². The van der Waals surface area contributed by atoms with Crippen LogP contribution in [0.1, 0.15) is 57.2 Å². The van der Waals surface area contributed by atoms with Crippen molar-refractivity contribution in [1.82, 2.24) is 5.43 Å². The largest absolute Gasteiger partial charge is 0.484 e. The maximum Gasteiger partial charge on any atom is 0.277 e. The maximum atomic E-state index is 11.8. The molecule has 1 N–H and O–H groups in total. The summed E-state index contributed by atoms with van der Waals surface area (Å²) in [7, 11) is 0. The van der Waals surface area contributed by atoms with E-state index in [0.29, 0.717) is 11.7 Å². The van der Waals surface area contributed by atoms with E-state index in [9.17, 15) is 4.79 Å². The number of nitrogens with one attached hydrogen (secondary N) is 1. The molecule has 1 amide bonds. The molecule has 0 bridgehead atoms. The highest BCUT2D eigenvalue weighted by Gasteiger charge is 2.13. The summed E-state index contributed by atoms with van der Waals surface area (Å²) in [6, 6.07) is 15.9. The minimum Gasteiger partial charge on any atom is -0.484 e. The second-order valence-corrected chi connectivity index (χ2v) is 7.68. The second-order valence-electron chi connectivity index (χ2n) is 7.68. The lowest BCUT2D eigenvalue weighted by atomic mass is 9.87. The van der Waals surface area contributed by atoms with Gasteiger partial charge >= 0.3 is 0 Å². The van der Waals surface area contributed by atoms with Crippen molar-refractivity contribution in [3.63, 3.8) is 0 Å². The Morgan fingerprint density at radius 2 is 1.69 bits per heavy atom. The van der Waals surface area contributed by atoms with E-state index in [1.54, 1.807) is 6.21 Å². The minimum atomic E-state index is -0.292. The number of hydrogen-bond donors (Lipinski definition) is 1. The van der Waals surface area contributed by atoms with E-state index in [1.165, 1.54) is 11.1 Å². The molecule has 0 radical (unpaired) electrons. The molecule has 2 aromatic carbocycles. The number of amides is 1. The van der Waals surface area contributed by atoms with Gasteiger partial charge in [0.05, 0.1) is 6.21 Å². The van der Waals surface area contributed by atoms with Crippen molar-refractivity contribution in [2.24, 2.45) is 5.10 Å². The summed E-state index contributed by atoms with van der Waals surface area (Å²) in [5, 5.41) is 3.97. The molecule has 0 unspecified atom stereocenters. The van der Waals surface area contributed by atoms with Gasteiger partial charge in [0.1, 0.15) is 5.75 Å². The van der Waals surface area contributed by atoms with Crippen molar-refractivity contribution in [1.29, 1.82) is 0 Å². The minimum absolute atomic E-state index is 0.0709. The van der Waals surface area contributed by atoms with Crippen molar-refractivity contribution in [2.75, 3.05) is 6.61 Å². The molecule has 4 heteroatoms. The van der Waals surface area contributed by atoms with Gasteiger partial charge in [-0.1, -0.05) is 71.0 Å². The van der Waals surface area contributed by atoms with Crippen LogP contribution >= 0.6 is 0 Å². The Morgan fingerprint density at radius 1 is 1.08 bits per heavy atom. The highest BCUT2D eigenvalue weighted by Crippen LogP contribution is 2.24. The number of carbonyl (C=O) groups excluding carboxylic acids is 1. The number of benzene rings is 2. The molecule has 0 atom stereocenters. The zero-order valence-corrected chi connectivity index (χ0v) is 16.2. The molecule has 0 aliphatic carbocycles. The van der Waals surface area contributed by atoms with E-state index in [1.807, 2.05) is 36.4 Å². The van der Waals surface area contributed by atoms with Gasteiger partial charge in [-0.05, 0) is 40.2 Å². The Bertz CT molecular complexity index is 739. The number of hydrazone groups is 1. The summed E-state index contributed by atoms with van der Waals surface area (Å²) in [4.78, 5) is 11.8. The third kappa shape index (κ3) is 6.03. The van der Waals surface area contributed by atoms with Crippen LogP contribution in [0.15, 0.2) is 53.6 Å². The van der Waals surface area contributed by atoms with E-state index in [4.69, 9.17) is 4.74 Å². The van der Waals surface area contributed by atoms with E-state index in [2.05, 4.69) is 57.3 Å². The molecule has 4 nitrogen and oxygen atoms in total. The highest BCUT2D eigenvalue weighted by molar-refractivity contribution is 5.82. The van der Waals surface area contributed by atoms with Gasteiger partial charge in [-0.15, -0.1) is 0 Å². The molecule has 0 saturated heterocycles. The Balaban J connectivity index is 1.79. The first-order valence-electron chi connectivity index (χ1n) is 8.91. The molecule has 0 aliphatic rings. The smallest absolute Gasteiger partial charge is 0.277 e. The van der Waals surface area contributed by atoms with Crippen LogP contribution < -0.4 is 10.2 Å². The third-order valence-corrected chi connectivity index (χ3v) is 4.10. The first-order valence-corrected chi connectivity index (χ1v) is 8.91. The van der Waals surface area contributed by atoms with Crippen LogP contribution in [0.25, 0.3) is 0 Å². The topological polar surface area (TPSA) is 50.7 Å². The second kappa shape index (κ2) is 8.65. The van der Waals surface area contributed by atoms with E-state index < -0.39 is 0 Å². The molecule has 0 fully saturated rings. The van der Waals surface area contributed by atoms with Gasteiger partial charge in [-0.2, -0.15) is 5.10 Å². The Hall–Kier alpha value is -2.62. The number of carbonyl (C=O) groups is 1. The molecular weight excluding hydrogens is 324 g/mol. The molecule has 0 aromatic heterocycles. The van der Waals surface area contributed by atoms with Crippen LogP contribution in [0.2, 0.25) is 0 Å². The molecule has 2 aromatic rings. The monoisotopic (exact) mass is 352 g/mol. The number of nitrogens with zero attached hydrogens (tertiary/aromatic N) is 1. The lowest BCUT2D eigenvalue weighted by Gasteiger charge is -2.19. The highest BCUT2D eigenvalue weighted by atomic mass is 16.5. The van der Waals surface area contributed by atoms with E-state index in [0.717, 1.165) is 5.56 Å². The van der Waals surface area contributed by atoms with Gasteiger partial charge < -0.3 is 4.74 Å². The summed E-state index contributed by atoms with van der Waals surface area (Å²) >= 11 is 0. The van der Waals surface area contributed by atoms with Crippen molar-refractivity contribution in [3.05, 3.63) is 65.2 Å². The van der Waals surface area contributed by atoms with Crippen molar-refractivity contribution < 1.29 is 9.53 Å². The standard InChI is InChI=1S/C22H28N2O2/c1-16(2)18-8-6-17(7-9-18)14-23-24-21(25)15-26-20-12-10-19(11-13-20)22(3,4)5/h6-14,16H,15H2,1-5H3,(H,24,25)/b23-14-. The molecular formula is C22H28N2O2. The van der Waals surface area contributed by atoms with Crippen molar-refractivity contribution >= 4 is 12.1 Å². The lowest BCUT2D eigenvalue weighted by Crippen LogP contribution is -2.24. The first-order chi connectivity index (χ1) is 12.3. The SMILES string of the molecule is CC(C)c1ccc(/C=N\NC(=O)COc2ccc(C(C)(C)C)cc2)cc1. The summed E-state index contributed by atoms with van der Waals surface area (Å²) in [5.41, 5.74) is 6.01. The average molecular weight is 352 g/mol.